The second-order valence-corrected chi connectivity index (χ2v) is 13.3. The topological polar surface area (TPSA) is 84.7 Å². The van der Waals surface area contributed by atoms with Gasteiger partial charge in [-0.1, -0.05) is 17.8 Å². The maximum absolute atomic E-state index is 14.1. The summed E-state index contributed by atoms with van der Waals surface area (Å²) in [4.78, 5) is 9.35. The van der Waals surface area contributed by atoms with E-state index in [1.165, 1.54) is 47.4 Å². The van der Waals surface area contributed by atoms with Gasteiger partial charge in [0, 0.05) is 23.0 Å². The van der Waals surface area contributed by atoms with Gasteiger partial charge in [0.1, 0.15) is 28.3 Å². The van der Waals surface area contributed by atoms with Crippen LogP contribution < -0.4 is 4.72 Å². The van der Waals surface area contributed by atoms with Crippen LogP contribution in [-0.2, 0) is 17.8 Å². The van der Waals surface area contributed by atoms with E-state index >= 15 is 0 Å². The van der Waals surface area contributed by atoms with Crippen LogP contribution in [0.25, 0.3) is 21.5 Å². The van der Waals surface area contributed by atoms with Crippen LogP contribution in [0.15, 0.2) is 46.8 Å². The number of rotatable bonds is 7. The molecule has 0 bridgehead atoms. The van der Waals surface area contributed by atoms with Crippen LogP contribution in [0.5, 0.6) is 0 Å². The van der Waals surface area contributed by atoms with E-state index in [1.807, 2.05) is 18.4 Å². The number of hydrogen-bond donors (Lipinski definition) is 1. The lowest BCUT2D eigenvalue weighted by atomic mass is 9.95. The first-order chi connectivity index (χ1) is 17.5. The Morgan fingerprint density at radius 1 is 1.11 bits per heavy atom. The Kier molecular flexibility index (Phi) is 8.16. The lowest BCUT2D eigenvalue weighted by molar-refractivity contribution is 0.517. The number of thiazole rings is 1. The summed E-state index contributed by atoms with van der Waals surface area (Å²) < 4.78 is 59.4. The molecule has 0 fully saturated rings. The fourth-order valence-electron chi connectivity index (χ4n) is 3.68. The van der Waals surface area contributed by atoms with Crippen molar-refractivity contribution in [3.8, 4) is 17.2 Å². The highest BCUT2D eigenvalue weighted by Crippen LogP contribution is 2.37. The van der Waals surface area contributed by atoms with E-state index in [2.05, 4.69) is 9.71 Å². The molecule has 0 unspecified atom stereocenters. The maximum Gasteiger partial charge on any atom is 0.171 e. The third-order valence-corrected chi connectivity index (χ3v) is 9.05. The highest BCUT2D eigenvalue weighted by Gasteiger charge is 2.32. The minimum absolute atomic E-state index is 0.0633. The molecule has 0 aliphatic heterocycles. The molecule has 4 aromatic rings. The molecule has 2 aromatic heterocycles. The van der Waals surface area contributed by atoms with Gasteiger partial charge in [-0.15, -0.1) is 16.1 Å². The van der Waals surface area contributed by atoms with E-state index in [0.717, 1.165) is 15.1 Å². The molecule has 0 saturated carbocycles. The van der Waals surface area contributed by atoms with Gasteiger partial charge in [0.25, 0.3) is 0 Å². The molecule has 4 rings (SSSR count). The summed E-state index contributed by atoms with van der Waals surface area (Å²) >= 11 is 1.33. The first-order valence-electron chi connectivity index (χ1n) is 11.2. The number of halogens is 3. The van der Waals surface area contributed by atoms with Crippen LogP contribution in [0.4, 0.5) is 13.2 Å². The van der Waals surface area contributed by atoms with Crippen molar-refractivity contribution in [2.45, 2.75) is 42.3 Å². The van der Waals surface area contributed by atoms with Gasteiger partial charge < -0.3 is 4.55 Å². The van der Waals surface area contributed by atoms with Gasteiger partial charge >= 0.3 is 0 Å². The SMILES string of the molecule is CSc1nc2nc([C@H](Cc3cc(F)cc(F)c3)N[S@@+]([O-])C(C)(C)C)c(-c3ccc(F)c(C#N)c3)cc2s1. The molecule has 2 heterocycles. The molecular weight excluding hydrogens is 538 g/mol. The summed E-state index contributed by atoms with van der Waals surface area (Å²) in [5.74, 6) is -2.10. The molecule has 0 saturated heterocycles. The number of aromatic nitrogens is 2. The number of pyridine rings is 1. The van der Waals surface area contributed by atoms with Crippen LogP contribution in [0.2, 0.25) is 0 Å². The van der Waals surface area contributed by atoms with E-state index in [4.69, 9.17) is 4.98 Å². The Bertz CT molecular complexity index is 1480. The number of nitrogens with zero attached hydrogens (tertiary/aromatic N) is 3. The summed E-state index contributed by atoms with van der Waals surface area (Å²) in [7, 11) is 0. The quantitative estimate of drug-likeness (QED) is 0.200. The van der Waals surface area contributed by atoms with Crippen molar-refractivity contribution >= 4 is 44.8 Å². The van der Waals surface area contributed by atoms with Gasteiger partial charge in [0.05, 0.1) is 22.0 Å². The predicted octanol–water partition coefficient (Wildman–Crippen LogP) is 6.70. The third kappa shape index (κ3) is 6.27. The first kappa shape index (κ1) is 27.4. The molecule has 192 valence electrons. The van der Waals surface area contributed by atoms with Gasteiger partial charge in [-0.2, -0.15) is 5.26 Å². The molecule has 1 N–H and O–H groups in total. The number of nitrogens with one attached hydrogen (secondary N) is 1. The van der Waals surface area contributed by atoms with Crippen molar-refractivity contribution in [3.63, 3.8) is 0 Å². The minimum Gasteiger partial charge on any atom is -0.598 e. The summed E-state index contributed by atoms with van der Waals surface area (Å²) in [6.45, 7) is 5.41. The minimum atomic E-state index is -1.57. The highest BCUT2D eigenvalue weighted by atomic mass is 32.2. The Balaban J connectivity index is 1.94. The average molecular weight is 561 g/mol. The lowest BCUT2D eigenvalue weighted by Gasteiger charge is -2.28. The summed E-state index contributed by atoms with van der Waals surface area (Å²) in [5.41, 5.74) is 2.19. The molecule has 37 heavy (non-hydrogen) atoms. The fourth-order valence-corrected chi connectivity index (χ4v) is 5.95. The Hall–Kier alpha value is -2.62. The first-order valence-corrected chi connectivity index (χ1v) is 14.4. The lowest BCUT2D eigenvalue weighted by Crippen LogP contribution is -2.42. The number of nitriles is 1. The Morgan fingerprint density at radius 3 is 2.43 bits per heavy atom. The normalized spacial score (nSPS) is 13.5. The van der Waals surface area contributed by atoms with Crippen LogP contribution in [0.1, 0.15) is 43.6 Å². The van der Waals surface area contributed by atoms with Gasteiger partial charge in [0.2, 0.25) is 0 Å². The van der Waals surface area contributed by atoms with Gasteiger partial charge in [-0.3, -0.25) is 0 Å². The van der Waals surface area contributed by atoms with Crippen LogP contribution >= 0.6 is 23.1 Å². The van der Waals surface area contributed by atoms with E-state index in [1.54, 1.807) is 26.8 Å². The second-order valence-electron chi connectivity index (χ2n) is 9.27. The van der Waals surface area contributed by atoms with Crippen LogP contribution in [0, 0.1) is 28.8 Å². The zero-order chi connectivity index (χ0) is 26.9. The van der Waals surface area contributed by atoms with Crippen molar-refractivity contribution in [2.24, 2.45) is 0 Å². The van der Waals surface area contributed by atoms with Crippen molar-refractivity contribution in [3.05, 3.63) is 76.7 Å². The zero-order valence-electron chi connectivity index (χ0n) is 20.4. The second kappa shape index (κ2) is 11.0. The number of benzene rings is 2. The monoisotopic (exact) mass is 560 g/mol. The van der Waals surface area contributed by atoms with E-state index < -0.39 is 39.6 Å². The predicted molar refractivity (Wildman–Crippen MR) is 143 cm³/mol. The molecule has 0 aliphatic rings. The molecule has 0 aliphatic carbocycles. The largest absolute Gasteiger partial charge is 0.598 e. The molecular formula is C26H23F3N4OS3. The molecule has 0 spiro atoms. The zero-order valence-corrected chi connectivity index (χ0v) is 22.9. The molecule has 2 atom stereocenters. The van der Waals surface area contributed by atoms with Crippen molar-refractivity contribution in [1.29, 1.82) is 5.26 Å². The van der Waals surface area contributed by atoms with E-state index in [0.29, 0.717) is 28.0 Å². The summed E-state index contributed by atoms with van der Waals surface area (Å²) in [5, 5.41) is 9.39. The molecule has 0 radical (unpaired) electrons. The van der Waals surface area contributed by atoms with Gasteiger partial charge in [-0.25, -0.2) is 23.1 Å². The van der Waals surface area contributed by atoms with E-state index in [-0.39, 0.29) is 12.0 Å². The van der Waals surface area contributed by atoms with Crippen LogP contribution in [-0.4, -0.2) is 25.5 Å². The average Bonchev–Trinajstić information content (AvgIpc) is 3.24. The Labute approximate surface area is 224 Å². The molecule has 2 aromatic carbocycles. The van der Waals surface area contributed by atoms with Crippen molar-refractivity contribution in [2.75, 3.05) is 6.26 Å². The fraction of sp³-hybridized carbons (Fsp3) is 0.269. The van der Waals surface area contributed by atoms with E-state index in [9.17, 15) is 23.0 Å². The number of fused-ring (bicyclic) bond motifs is 1. The number of thioether (sulfide) groups is 1. The highest BCUT2D eigenvalue weighted by molar-refractivity contribution is 8.00. The van der Waals surface area contributed by atoms with Crippen molar-refractivity contribution in [1.82, 2.24) is 14.7 Å². The smallest absolute Gasteiger partial charge is 0.171 e. The number of hydrogen-bond acceptors (Lipinski definition) is 7. The summed E-state index contributed by atoms with van der Waals surface area (Å²) in [6.07, 6.45) is 1.96. The van der Waals surface area contributed by atoms with Crippen molar-refractivity contribution < 1.29 is 17.7 Å². The van der Waals surface area contributed by atoms with Gasteiger partial charge in [-0.05, 0) is 74.9 Å². The van der Waals surface area contributed by atoms with Gasteiger partial charge in [0.15, 0.2) is 9.99 Å². The molecule has 5 nitrogen and oxygen atoms in total. The maximum atomic E-state index is 14.1. The third-order valence-electron chi connectivity index (χ3n) is 5.46. The van der Waals surface area contributed by atoms with Crippen LogP contribution in [0.3, 0.4) is 0 Å². The molecule has 11 heteroatoms. The Morgan fingerprint density at radius 2 is 1.81 bits per heavy atom. The standard InChI is InChI=1S/C26H23F3N4OS3/c1-26(2,3)37(34)33-21(9-14-7-17(27)11-18(28)8-14)23-19(15-5-6-20(29)16(10-15)13-30)12-22-24(31-23)32-25(35-4)36-22/h5-8,10-12,21,33H,9H2,1-4H3/t21-,37-/m0/s1. The summed E-state index contributed by atoms with van der Waals surface area (Å²) in [6, 6.07) is 10.4. The molecule has 0 amide bonds.